The smallest absolute Gasteiger partial charge is 0.303 e. The molecule has 0 spiro atoms. The number of carboxylic acids is 1. The molecule has 1 atom stereocenters. The van der Waals surface area contributed by atoms with Gasteiger partial charge < -0.3 is 10.8 Å². The lowest BCUT2D eigenvalue weighted by atomic mass is 9.92. The zero-order valence-corrected chi connectivity index (χ0v) is 7.51. The third-order valence-electron chi connectivity index (χ3n) is 1.57. The molecule has 0 aliphatic heterocycles. The first-order chi connectivity index (χ1) is 5.35. The highest BCUT2D eigenvalue weighted by atomic mass is 18.2. The number of halogens is 1. The number of alkyl halides is 1. The van der Waals surface area contributed by atoms with Gasteiger partial charge in [0.2, 0.25) is 0 Å². The van der Waals surface area contributed by atoms with E-state index in [1.54, 1.807) is 0 Å². The molecule has 0 bridgehead atoms. The average Bonchev–Trinajstić information content (AvgIpc) is 1.82. The normalized spacial score (nSPS) is 14.3. The van der Waals surface area contributed by atoms with Crippen molar-refractivity contribution in [2.75, 3.05) is 6.54 Å². The van der Waals surface area contributed by atoms with Crippen LogP contribution in [0.15, 0.2) is 0 Å². The van der Waals surface area contributed by atoms with Crippen LogP contribution in [0.5, 0.6) is 0 Å². The van der Waals surface area contributed by atoms with Crippen LogP contribution in [0, 0.1) is 5.92 Å². The lowest BCUT2D eigenvalue weighted by Gasteiger charge is -2.20. The monoisotopic (exact) mass is 176 g/mol. The molecule has 3 nitrogen and oxygen atoms in total. The topological polar surface area (TPSA) is 63.3 Å². The zero-order valence-electron chi connectivity index (χ0n) is 7.51. The van der Waals surface area contributed by atoms with Crippen LogP contribution in [0.2, 0.25) is 0 Å². The summed E-state index contributed by atoms with van der Waals surface area (Å²) in [6.45, 7) is 3.08. The van der Waals surface area contributed by atoms with Crippen LogP contribution in [0.3, 0.4) is 0 Å². The molecule has 0 aromatic heterocycles. The molecular formula is C8H16FNO2. The highest BCUT2D eigenvalue weighted by molar-refractivity contribution is 5.67. The quantitative estimate of drug-likeness (QED) is 0.661. The van der Waals surface area contributed by atoms with Gasteiger partial charge >= 0.3 is 5.97 Å². The Labute approximate surface area is 71.8 Å². The largest absolute Gasteiger partial charge is 0.481 e. The predicted octanol–water partition coefficient (Wildman–Crippen LogP) is 1.17. The van der Waals surface area contributed by atoms with Crippen molar-refractivity contribution in [2.45, 2.75) is 32.4 Å². The first-order valence-electron chi connectivity index (χ1n) is 3.96. The molecule has 0 radical (unpaired) electrons. The van der Waals surface area contributed by atoms with E-state index in [0.717, 1.165) is 0 Å². The van der Waals surface area contributed by atoms with Crippen molar-refractivity contribution in [2.24, 2.45) is 11.7 Å². The van der Waals surface area contributed by atoms with Gasteiger partial charge in [-0.25, -0.2) is 4.39 Å². The Morgan fingerprint density at radius 1 is 1.67 bits per heavy atom. The molecule has 0 heterocycles. The Morgan fingerprint density at radius 3 is 2.42 bits per heavy atom. The highest BCUT2D eigenvalue weighted by Crippen LogP contribution is 2.21. The molecule has 0 aromatic carbocycles. The van der Waals surface area contributed by atoms with Crippen molar-refractivity contribution >= 4 is 5.97 Å². The van der Waals surface area contributed by atoms with Gasteiger partial charge in [0, 0.05) is 6.42 Å². The fourth-order valence-corrected chi connectivity index (χ4v) is 1.17. The molecule has 72 valence electrons. The van der Waals surface area contributed by atoms with E-state index in [1.807, 2.05) is 0 Å². The van der Waals surface area contributed by atoms with Crippen molar-refractivity contribution in [1.82, 2.24) is 0 Å². The Hall–Kier alpha value is -0.640. The molecule has 0 saturated carbocycles. The van der Waals surface area contributed by atoms with E-state index in [0.29, 0.717) is 0 Å². The van der Waals surface area contributed by atoms with Gasteiger partial charge in [0.15, 0.2) is 0 Å². The van der Waals surface area contributed by atoms with Crippen LogP contribution >= 0.6 is 0 Å². The minimum Gasteiger partial charge on any atom is -0.481 e. The third kappa shape index (κ3) is 6.09. The third-order valence-corrected chi connectivity index (χ3v) is 1.57. The fraction of sp³-hybridized carbons (Fsp3) is 0.875. The summed E-state index contributed by atoms with van der Waals surface area (Å²) in [7, 11) is 0. The van der Waals surface area contributed by atoms with Crippen molar-refractivity contribution in [3.63, 3.8) is 0 Å². The molecular weight excluding hydrogens is 160 g/mol. The van der Waals surface area contributed by atoms with Crippen LogP contribution in [0.1, 0.15) is 26.7 Å². The number of nitrogens with two attached hydrogens (primary N) is 1. The molecule has 4 heteroatoms. The summed E-state index contributed by atoms with van der Waals surface area (Å²) in [6, 6.07) is 0. The van der Waals surface area contributed by atoms with Gasteiger partial charge in [-0.2, -0.15) is 0 Å². The molecule has 0 rings (SSSR count). The van der Waals surface area contributed by atoms with Crippen LogP contribution in [0.4, 0.5) is 4.39 Å². The summed E-state index contributed by atoms with van der Waals surface area (Å²) in [5.41, 5.74) is 3.96. The van der Waals surface area contributed by atoms with E-state index < -0.39 is 11.6 Å². The first kappa shape index (κ1) is 11.4. The van der Waals surface area contributed by atoms with Crippen LogP contribution in [-0.4, -0.2) is 23.3 Å². The summed E-state index contributed by atoms with van der Waals surface area (Å²) >= 11 is 0. The first-order valence-corrected chi connectivity index (χ1v) is 3.96. The maximum absolute atomic E-state index is 13.0. The second-order valence-corrected chi connectivity index (χ2v) is 3.62. The standard InChI is InChI=1S/C8H16FNO2/c1-8(2,9)4-6(5-10)3-7(11)12/h6H,3-5,10H2,1-2H3,(H,11,12)/t6-/m1/s1/i9-1. The summed E-state index contributed by atoms with van der Waals surface area (Å²) in [6.07, 6.45) is 0.152. The van der Waals surface area contributed by atoms with Crippen molar-refractivity contribution in [3.8, 4) is 0 Å². The molecule has 0 saturated heterocycles. The lowest BCUT2D eigenvalue weighted by Crippen LogP contribution is -2.25. The van der Waals surface area contributed by atoms with Crippen LogP contribution in [0.25, 0.3) is 0 Å². The Morgan fingerprint density at radius 2 is 2.17 bits per heavy atom. The minimum absolute atomic E-state index is 0.0517. The summed E-state index contributed by atoms with van der Waals surface area (Å²) in [4.78, 5) is 10.3. The second kappa shape index (κ2) is 4.40. The van der Waals surface area contributed by atoms with E-state index in [2.05, 4.69) is 0 Å². The van der Waals surface area contributed by atoms with Gasteiger partial charge in [0.05, 0.1) is 0 Å². The second-order valence-electron chi connectivity index (χ2n) is 3.62. The SMILES string of the molecule is CC(C)([18F])C[C@H](CN)CC(=O)O. The van der Waals surface area contributed by atoms with Gasteiger partial charge in [-0.1, -0.05) is 0 Å². The number of hydrogen-bond donors (Lipinski definition) is 2. The van der Waals surface area contributed by atoms with Crippen molar-refractivity contribution in [3.05, 3.63) is 0 Å². The van der Waals surface area contributed by atoms with E-state index in [-0.39, 0.29) is 25.3 Å². The Bertz CT molecular complexity index is 154. The molecule has 0 amide bonds. The van der Waals surface area contributed by atoms with Gasteiger partial charge in [-0.05, 0) is 32.7 Å². The fourth-order valence-electron chi connectivity index (χ4n) is 1.17. The summed E-state index contributed by atoms with van der Waals surface area (Å²) in [5.74, 6) is -1.18. The number of hydrogen-bond acceptors (Lipinski definition) is 2. The Kier molecular flexibility index (Phi) is 4.17. The molecule has 12 heavy (non-hydrogen) atoms. The van der Waals surface area contributed by atoms with E-state index in [1.165, 1.54) is 13.8 Å². The lowest BCUT2D eigenvalue weighted by molar-refractivity contribution is -0.138. The average molecular weight is 176 g/mol. The Balaban J connectivity index is 3.92. The van der Waals surface area contributed by atoms with Crippen LogP contribution in [-0.2, 0) is 4.79 Å². The van der Waals surface area contributed by atoms with Crippen molar-refractivity contribution < 1.29 is 14.3 Å². The number of aliphatic carboxylic acids is 1. The van der Waals surface area contributed by atoms with E-state index in [4.69, 9.17) is 10.8 Å². The van der Waals surface area contributed by atoms with Gasteiger partial charge in [0.25, 0.3) is 0 Å². The highest BCUT2D eigenvalue weighted by Gasteiger charge is 2.23. The molecule has 0 aliphatic carbocycles. The summed E-state index contributed by atoms with van der Waals surface area (Å²) < 4.78 is 13.0. The van der Waals surface area contributed by atoms with E-state index >= 15 is 0 Å². The molecule has 0 aliphatic rings. The number of rotatable bonds is 5. The molecule has 0 aromatic rings. The minimum atomic E-state index is -1.33. The molecule has 0 fully saturated rings. The predicted molar refractivity (Wildman–Crippen MR) is 44.6 cm³/mol. The number of carbonyl (C=O) groups is 1. The molecule has 3 N–H and O–H groups in total. The maximum atomic E-state index is 13.0. The maximum Gasteiger partial charge on any atom is 0.303 e. The number of carboxylic acid groups (broad SMARTS) is 1. The summed E-state index contributed by atoms with van der Waals surface area (Å²) in [5, 5.41) is 8.43. The van der Waals surface area contributed by atoms with Gasteiger partial charge in [-0.15, -0.1) is 0 Å². The zero-order chi connectivity index (χ0) is 9.78. The van der Waals surface area contributed by atoms with Gasteiger partial charge in [-0.3, -0.25) is 4.79 Å². The molecule has 0 unspecified atom stereocenters. The van der Waals surface area contributed by atoms with Crippen LogP contribution < -0.4 is 5.73 Å². The van der Waals surface area contributed by atoms with Gasteiger partial charge in [0.1, 0.15) is 5.67 Å². The van der Waals surface area contributed by atoms with Crippen molar-refractivity contribution in [1.29, 1.82) is 0 Å². The van der Waals surface area contributed by atoms with E-state index in [9.17, 15) is 9.18 Å².